The van der Waals surface area contributed by atoms with Crippen molar-refractivity contribution < 1.29 is 22.7 Å². The standard InChI is InChI=1S/C33H43N3O5S/c1-8-26-12-10-11-13-30(26)36(42(39,40)28-20-14-24(3)15-21-28)23-31(37)35(22-25-16-18-27(41-7)19-17-25)29(9-2)32(38)34-33(4,5)6/h10-21,29H,8-9,22-23H2,1-7H3,(H,34,38)/t29-/m0/s1. The van der Waals surface area contributed by atoms with E-state index < -0.39 is 34.1 Å². The first kappa shape index (κ1) is 32.7. The van der Waals surface area contributed by atoms with Crippen molar-refractivity contribution in [3.63, 3.8) is 0 Å². The number of benzene rings is 3. The zero-order valence-electron chi connectivity index (χ0n) is 25.7. The molecule has 226 valence electrons. The number of amides is 2. The zero-order chi connectivity index (χ0) is 31.1. The lowest BCUT2D eigenvalue weighted by molar-refractivity contribution is -0.141. The van der Waals surface area contributed by atoms with Crippen LogP contribution in [0.25, 0.3) is 0 Å². The summed E-state index contributed by atoms with van der Waals surface area (Å²) in [7, 11) is -2.55. The molecule has 0 aromatic heterocycles. The summed E-state index contributed by atoms with van der Waals surface area (Å²) < 4.78 is 34.7. The largest absolute Gasteiger partial charge is 0.497 e. The van der Waals surface area contributed by atoms with Crippen molar-refractivity contribution >= 4 is 27.5 Å². The maximum absolute atomic E-state index is 14.3. The topological polar surface area (TPSA) is 96.0 Å². The van der Waals surface area contributed by atoms with Gasteiger partial charge in [-0.25, -0.2) is 8.42 Å². The Balaban J connectivity index is 2.10. The number of para-hydroxylation sites is 1. The van der Waals surface area contributed by atoms with Gasteiger partial charge in [-0.15, -0.1) is 0 Å². The second-order valence-corrected chi connectivity index (χ2v) is 13.2. The summed E-state index contributed by atoms with van der Waals surface area (Å²) >= 11 is 0. The predicted octanol–water partition coefficient (Wildman–Crippen LogP) is 5.48. The Hall–Kier alpha value is -3.85. The van der Waals surface area contributed by atoms with E-state index in [1.54, 1.807) is 55.6 Å². The third-order valence-electron chi connectivity index (χ3n) is 6.93. The highest BCUT2D eigenvalue weighted by Gasteiger charge is 2.35. The van der Waals surface area contributed by atoms with E-state index >= 15 is 0 Å². The summed E-state index contributed by atoms with van der Waals surface area (Å²) in [5, 5.41) is 2.99. The van der Waals surface area contributed by atoms with E-state index in [2.05, 4.69) is 5.32 Å². The lowest BCUT2D eigenvalue weighted by Crippen LogP contribution is -2.55. The number of methoxy groups -OCH3 is 1. The molecule has 1 N–H and O–H groups in total. The van der Waals surface area contributed by atoms with Gasteiger partial charge >= 0.3 is 0 Å². The van der Waals surface area contributed by atoms with E-state index in [0.717, 1.165) is 16.7 Å². The number of nitrogens with one attached hydrogen (secondary N) is 1. The Morgan fingerprint density at radius 3 is 2.10 bits per heavy atom. The third-order valence-corrected chi connectivity index (χ3v) is 8.70. The van der Waals surface area contributed by atoms with E-state index in [-0.39, 0.29) is 17.3 Å². The van der Waals surface area contributed by atoms with Gasteiger partial charge in [-0.05, 0) is 82.0 Å². The Kier molecular flexibility index (Phi) is 10.8. The minimum Gasteiger partial charge on any atom is -0.497 e. The average molecular weight is 594 g/mol. The van der Waals surface area contributed by atoms with Gasteiger partial charge in [0.2, 0.25) is 11.8 Å². The highest BCUT2D eigenvalue weighted by Crippen LogP contribution is 2.29. The number of hydrogen-bond donors (Lipinski definition) is 1. The number of rotatable bonds is 12. The average Bonchev–Trinajstić information content (AvgIpc) is 2.95. The van der Waals surface area contributed by atoms with Crippen molar-refractivity contribution in [3.05, 3.63) is 89.5 Å². The molecular weight excluding hydrogens is 550 g/mol. The van der Waals surface area contributed by atoms with Crippen LogP contribution in [-0.4, -0.2) is 50.4 Å². The number of sulfonamides is 1. The van der Waals surface area contributed by atoms with E-state index in [0.29, 0.717) is 24.3 Å². The second kappa shape index (κ2) is 13.9. The fourth-order valence-corrected chi connectivity index (χ4v) is 6.16. The molecule has 0 aliphatic carbocycles. The molecule has 0 radical (unpaired) electrons. The second-order valence-electron chi connectivity index (χ2n) is 11.3. The van der Waals surface area contributed by atoms with Crippen LogP contribution in [0.4, 0.5) is 5.69 Å². The normalized spacial score (nSPS) is 12.4. The molecule has 0 saturated carbocycles. The number of aryl methyl sites for hydroxylation is 2. The van der Waals surface area contributed by atoms with Crippen molar-refractivity contribution in [3.8, 4) is 5.75 Å². The van der Waals surface area contributed by atoms with Crippen molar-refractivity contribution in [2.24, 2.45) is 0 Å². The first-order chi connectivity index (χ1) is 19.8. The molecule has 3 rings (SSSR count). The zero-order valence-corrected chi connectivity index (χ0v) is 26.5. The number of nitrogens with zero attached hydrogens (tertiary/aromatic N) is 2. The fraction of sp³-hybridized carbons (Fsp3) is 0.394. The van der Waals surface area contributed by atoms with E-state index in [9.17, 15) is 18.0 Å². The lowest BCUT2D eigenvalue weighted by Gasteiger charge is -2.35. The van der Waals surface area contributed by atoms with Gasteiger partial charge in [-0.3, -0.25) is 13.9 Å². The molecule has 42 heavy (non-hydrogen) atoms. The molecule has 0 spiro atoms. The molecule has 0 fully saturated rings. The molecule has 0 aliphatic rings. The van der Waals surface area contributed by atoms with Gasteiger partial charge in [-0.2, -0.15) is 0 Å². The van der Waals surface area contributed by atoms with Gasteiger partial charge in [-0.1, -0.05) is 61.9 Å². The maximum atomic E-state index is 14.3. The smallest absolute Gasteiger partial charge is 0.264 e. The Morgan fingerprint density at radius 2 is 1.55 bits per heavy atom. The minimum absolute atomic E-state index is 0.0889. The van der Waals surface area contributed by atoms with Crippen molar-refractivity contribution in [1.82, 2.24) is 10.2 Å². The van der Waals surface area contributed by atoms with Crippen LogP contribution in [-0.2, 0) is 32.6 Å². The highest BCUT2D eigenvalue weighted by atomic mass is 32.2. The SMILES string of the molecule is CCc1ccccc1N(CC(=O)N(Cc1ccc(OC)cc1)[C@@H](CC)C(=O)NC(C)(C)C)S(=O)(=O)c1ccc(C)cc1. The number of carbonyl (C=O) groups is 2. The maximum Gasteiger partial charge on any atom is 0.264 e. The Labute approximate surface area is 250 Å². The van der Waals surface area contributed by atoms with Crippen LogP contribution < -0.4 is 14.4 Å². The molecule has 0 saturated heterocycles. The van der Waals surface area contributed by atoms with Crippen LogP contribution in [0.1, 0.15) is 57.7 Å². The molecule has 1 atom stereocenters. The summed E-state index contributed by atoms with van der Waals surface area (Å²) in [4.78, 5) is 29.3. The molecule has 0 bridgehead atoms. The molecule has 0 heterocycles. The third kappa shape index (κ3) is 8.12. The molecule has 3 aromatic carbocycles. The van der Waals surface area contributed by atoms with E-state index in [1.165, 1.54) is 9.21 Å². The monoisotopic (exact) mass is 593 g/mol. The Bertz CT molecular complexity index is 1460. The molecule has 8 nitrogen and oxygen atoms in total. The molecule has 0 unspecified atom stereocenters. The summed E-state index contributed by atoms with van der Waals surface area (Å²) in [6.07, 6.45) is 0.922. The van der Waals surface area contributed by atoms with Crippen molar-refractivity contribution in [2.45, 2.75) is 77.4 Å². The van der Waals surface area contributed by atoms with Gasteiger partial charge in [0.25, 0.3) is 10.0 Å². The summed E-state index contributed by atoms with van der Waals surface area (Å²) in [5.74, 6) is -0.113. The van der Waals surface area contributed by atoms with Gasteiger partial charge in [0.15, 0.2) is 0 Å². The Morgan fingerprint density at radius 1 is 0.929 bits per heavy atom. The fourth-order valence-electron chi connectivity index (χ4n) is 4.70. The molecule has 2 amide bonds. The van der Waals surface area contributed by atoms with Gasteiger partial charge in [0.05, 0.1) is 17.7 Å². The van der Waals surface area contributed by atoms with Gasteiger partial charge < -0.3 is 15.0 Å². The van der Waals surface area contributed by atoms with Gasteiger partial charge in [0.1, 0.15) is 18.3 Å². The number of anilines is 1. The van der Waals surface area contributed by atoms with Crippen molar-refractivity contribution in [1.29, 1.82) is 0 Å². The molecule has 3 aromatic rings. The quantitative estimate of drug-likeness (QED) is 0.300. The van der Waals surface area contributed by atoms with E-state index in [4.69, 9.17) is 4.74 Å². The lowest BCUT2D eigenvalue weighted by atomic mass is 10.1. The molecular formula is C33H43N3O5S. The van der Waals surface area contributed by atoms with E-state index in [1.807, 2.05) is 65.8 Å². The highest BCUT2D eigenvalue weighted by molar-refractivity contribution is 7.92. The van der Waals surface area contributed by atoms with Crippen LogP contribution in [0.2, 0.25) is 0 Å². The van der Waals surface area contributed by atoms with Gasteiger partial charge in [0, 0.05) is 12.1 Å². The first-order valence-electron chi connectivity index (χ1n) is 14.2. The molecule has 9 heteroatoms. The predicted molar refractivity (Wildman–Crippen MR) is 167 cm³/mol. The molecule has 0 aliphatic heterocycles. The number of carbonyl (C=O) groups excluding carboxylic acids is 2. The summed E-state index contributed by atoms with van der Waals surface area (Å²) in [6.45, 7) is 11.0. The minimum atomic E-state index is -4.13. The summed E-state index contributed by atoms with van der Waals surface area (Å²) in [5.41, 5.74) is 2.42. The van der Waals surface area contributed by atoms with Crippen LogP contribution in [0.3, 0.4) is 0 Å². The first-order valence-corrected chi connectivity index (χ1v) is 15.7. The number of hydrogen-bond acceptors (Lipinski definition) is 5. The number of ether oxygens (including phenoxy) is 1. The summed E-state index contributed by atoms with van der Waals surface area (Å²) in [6, 6.07) is 20.2. The van der Waals surface area contributed by atoms with Crippen LogP contribution in [0.5, 0.6) is 5.75 Å². The van der Waals surface area contributed by atoms with Crippen LogP contribution >= 0.6 is 0 Å². The van der Waals surface area contributed by atoms with Crippen molar-refractivity contribution in [2.75, 3.05) is 18.0 Å². The van der Waals surface area contributed by atoms with Crippen LogP contribution in [0, 0.1) is 6.92 Å². The van der Waals surface area contributed by atoms with Crippen LogP contribution in [0.15, 0.2) is 77.7 Å².